The van der Waals surface area contributed by atoms with E-state index >= 15 is 0 Å². The number of hydrogen-bond donors (Lipinski definition) is 1. The quantitative estimate of drug-likeness (QED) is 0.543. The molecule has 0 radical (unpaired) electrons. The van der Waals surface area contributed by atoms with Crippen molar-refractivity contribution >= 4 is 0 Å². The number of nitrogens with zero attached hydrogens (tertiary/aromatic N) is 1. The van der Waals surface area contributed by atoms with Gasteiger partial charge in [0.15, 0.2) is 0 Å². The zero-order valence-electron chi connectivity index (χ0n) is 12.7. The maximum atomic E-state index is 5.79. The lowest BCUT2D eigenvalue weighted by molar-refractivity contribution is 0.0740. The second kappa shape index (κ2) is 10.7. The molecule has 4 heteroatoms. The van der Waals surface area contributed by atoms with Gasteiger partial charge in [0.1, 0.15) is 0 Å². The molecule has 0 bridgehead atoms. The molecule has 0 saturated carbocycles. The van der Waals surface area contributed by atoms with Crippen molar-refractivity contribution in [3.63, 3.8) is 0 Å². The van der Waals surface area contributed by atoms with Crippen molar-refractivity contribution in [1.29, 1.82) is 0 Å². The molecule has 0 aliphatic carbocycles. The first kappa shape index (κ1) is 17.8. The minimum Gasteiger partial charge on any atom is -0.385 e. The van der Waals surface area contributed by atoms with Gasteiger partial charge in [-0.25, -0.2) is 0 Å². The van der Waals surface area contributed by atoms with Gasteiger partial charge in [0, 0.05) is 33.4 Å². The average Bonchev–Trinajstić information content (AvgIpc) is 2.33. The minimum absolute atomic E-state index is 0.186. The third-order valence-corrected chi connectivity index (χ3v) is 2.93. The van der Waals surface area contributed by atoms with E-state index in [1.54, 1.807) is 7.11 Å². The predicted molar refractivity (Wildman–Crippen MR) is 76.9 cm³/mol. The lowest BCUT2D eigenvalue weighted by atomic mass is 9.93. The van der Waals surface area contributed by atoms with Crippen LogP contribution in [0.4, 0.5) is 0 Å². The summed E-state index contributed by atoms with van der Waals surface area (Å²) in [6, 6.07) is 0. The van der Waals surface area contributed by atoms with Crippen LogP contribution in [-0.2, 0) is 9.47 Å². The number of ether oxygens (including phenoxy) is 2. The molecular formula is C14H32N2O2. The minimum atomic E-state index is 0.186. The normalized spacial score (nSPS) is 12.3. The molecule has 0 heterocycles. The first-order chi connectivity index (χ1) is 8.55. The maximum absolute atomic E-state index is 5.79. The standard InChI is InChI=1S/C14H32N2O2/c1-5-7-16(13-14(2,3)12-15)8-11-18-10-6-9-17-4/h5-13,15H2,1-4H3. The number of rotatable bonds is 12. The van der Waals surface area contributed by atoms with Crippen molar-refractivity contribution in [1.82, 2.24) is 4.90 Å². The molecule has 4 nitrogen and oxygen atoms in total. The number of methoxy groups -OCH3 is 1. The fraction of sp³-hybridized carbons (Fsp3) is 1.00. The zero-order valence-corrected chi connectivity index (χ0v) is 12.7. The van der Waals surface area contributed by atoms with E-state index < -0.39 is 0 Å². The van der Waals surface area contributed by atoms with Crippen molar-refractivity contribution in [3.8, 4) is 0 Å². The highest BCUT2D eigenvalue weighted by Gasteiger charge is 2.19. The van der Waals surface area contributed by atoms with Crippen LogP contribution in [0.3, 0.4) is 0 Å². The van der Waals surface area contributed by atoms with E-state index in [1.807, 2.05) is 0 Å². The highest BCUT2D eigenvalue weighted by molar-refractivity contribution is 4.74. The van der Waals surface area contributed by atoms with Gasteiger partial charge in [0.25, 0.3) is 0 Å². The second-order valence-corrected chi connectivity index (χ2v) is 5.60. The molecule has 0 amide bonds. The fourth-order valence-corrected chi connectivity index (χ4v) is 1.86. The Labute approximate surface area is 113 Å². The molecule has 0 atom stereocenters. The average molecular weight is 260 g/mol. The summed E-state index contributed by atoms with van der Waals surface area (Å²) >= 11 is 0. The molecule has 0 aliphatic rings. The van der Waals surface area contributed by atoms with Gasteiger partial charge in [0.2, 0.25) is 0 Å². The first-order valence-electron chi connectivity index (χ1n) is 7.05. The summed E-state index contributed by atoms with van der Waals surface area (Å²) in [5, 5.41) is 0. The molecule has 0 aromatic carbocycles. The monoisotopic (exact) mass is 260 g/mol. The Hall–Kier alpha value is -0.160. The van der Waals surface area contributed by atoms with Gasteiger partial charge in [-0.1, -0.05) is 20.8 Å². The van der Waals surface area contributed by atoms with Gasteiger partial charge >= 0.3 is 0 Å². The van der Waals surface area contributed by atoms with Crippen LogP contribution in [0.25, 0.3) is 0 Å². The second-order valence-electron chi connectivity index (χ2n) is 5.60. The van der Waals surface area contributed by atoms with Crippen molar-refractivity contribution in [2.45, 2.75) is 33.6 Å². The molecule has 2 N–H and O–H groups in total. The van der Waals surface area contributed by atoms with Crippen LogP contribution in [0.2, 0.25) is 0 Å². The van der Waals surface area contributed by atoms with Gasteiger partial charge in [-0.2, -0.15) is 0 Å². The Balaban J connectivity index is 3.76. The van der Waals surface area contributed by atoms with Gasteiger partial charge < -0.3 is 20.1 Å². The van der Waals surface area contributed by atoms with Crippen molar-refractivity contribution in [3.05, 3.63) is 0 Å². The Morgan fingerprint density at radius 2 is 1.83 bits per heavy atom. The van der Waals surface area contributed by atoms with E-state index in [0.717, 1.165) is 52.4 Å². The van der Waals surface area contributed by atoms with E-state index in [9.17, 15) is 0 Å². The smallest absolute Gasteiger partial charge is 0.0593 e. The van der Waals surface area contributed by atoms with Crippen LogP contribution in [0, 0.1) is 5.41 Å². The van der Waals surface area contributed by atoms with E-state index in [0.29, 0.717) is 0 Å². The first-order valence-corrected chi connectivity index (χ1v) is 7.05. The van der Waals surface area contributed by atoms with Crippen molar-refractivity contribution in [2.24, 2.45) is 11.1 Å². The SMILES string of the molecule is CCCN(CCOCCCOC)CC(C)(C)CN. The van der Waals surface area contributed by atoms with Gasteiger partial charge in [0.05, 0.1) is 6.61 Å². The van der Waals surface area contributed by atoms with Crippen molar-refractivity contribution < 1.29 is 9.47 Å². The molecule has 0 spiro atoms. The Kier molecular flexibility index (Phi) is 10.6. The van der Waals surface area contributed by atoms with E-state index in [1.165, 1.54) is 6.42 Å². The molecule has 0 fully saturated rings. The largest absolute Gasteiger partial charge is 0.385 e. The summed E-state index contributed by atoms with van der Waals surface area (Å²) in [6.45, 7) is 12.9. The third kappa shape index (κ3) is 9.83. The molecule has 0 rings (SSSR count). The Bertz CT molecular complexity index is 187. The van der Waals surface area contributed by atoms with E-state index in [2.05, 4.69) is 25.7 Å². The van der Waals surface area contributed by atoms with E-state index in [4.69, 9.17) is 15.2 Å². The highest BCUT2D eigenvalue weighted by Crippen LogP contribution is 2.14. The van der Waals surface area contributed by atoms with Crippen LogP contribution in [0.15, 0.2) is 0 Å². The molecule has 0 saturated heterocycles. The van der Waals surface area contributed by atoms with Gasteiger partial charge in [-0.15, -0.1) is 0 Å². The summed E-state index contributed by atoms with van der Waals surface area (Å²) in [6.07, 6.45) is 2.14. The molecular weight excluding hydrogens is 228 g/mol. The summed E-state index contributed by atoms with van der Waals surface area (Å²) in [4.78, 5) is 2.45. The lowest BCUT2D eigenvalue weighted by Gasteiger charge is -2.31. The van der Waals surface area contributed by atoms with Gasteiger partial charge in [-0.05, 0) is 31.3 Å². The topological polar surface area (TPSA) is 47.7 Å². The van der Waals surface area contributed by atoms with E-state index in [-0.39, 0.29) is 5.41 Å². The number of nitrogens with two attached hydrogens (primary N) is 1. The van der Waals surface area contributed by atoms with Crippen LogP contribution >= 0.6 is 0 Å². The Morgan fingerprint density at radius 3 is 2.39 bits per heavy atom. The van der Waals surface area contributed by atoms with Crippen LogP contribution in [0.1, 0.15) is 33.6 Å². The molecule has 0 aromatic rings. The predicted octanol–water partition coefficient (Wildman–Crippen LogP) is 1.74. The summed E-state index contributed by atoms with van der Waals surface area (Å²) in [5.74, 6) is 0. The highest BCUT2D eigenvalue weighted by atomic mass is 16.5. The third-order valence-electron chi connectivity index (χ3n) is 2.93. The molecule has 18 heavy (non-hydrogen) atoms. The summed E-state index contributed by atoms with van der Waals surface area (Å²) < 4.78 is 10.6. The molecule has 0 unspecified atom stereocenters. The van der Waals surface area contributed by atoms with Crippen LogP contribution in [-0.4, -0.2) is 58.0 Å². The lowest BCUT2D eigenvalue weighted by Crippen LogP contribution is -2.40. The van der Waals surface area contributed by atoms with Crippen molar-refractivity contribution in [2.75, 3.05) is 53.1 Å². The molecule has 0 aromatic heterocycles. The maximum Gasteiger partial charge on any atom is 0.0593 e. The van der Waals surface area contributed by atoms with Crippen LogP contribution < -0.4 is 5.73 Å². The number of hydrogen-bond acceptors (Lipinski definition) is 4. The van der Waals surface area contributed by atoms with Gasteiger partial charge in [-0.3, -0.25) is 0 Å². The van der Waals surface area contributed by atoms with Crippen LogP contribution in [0.5, 0.6) is 0 Å². The molecule has 0 aliphatic heterocycles. The summed E-state index contributed by atoms with van der Waals surface area (Å²) in [5.41, 5.74) is 5.97. The Morgan fingerprint density at radius 1 is 1.11 bits per heavy atom. The zero-order chi connectivity index (χ0) is 13.9. The summed E-state index contributed by atoms with van der Waals surface area (Å²) in [7, 11) is 1.72. The fourth-order valence-electron chi connectivity index (χ4n) is 1.86. The molecule has 110 valence electrons.